The second kappa shape index (κ2) is 6.19. The van der Waals surface area contributed by atoms with E-state index in [1.165, 1.54) is 10.4 Å². The maximum atomic E-state index is 12.7. The molecule has 112 valence electrons. The number of carboxylic acid groups (broad SMARTS) is 1. The van der Waals surface area contributed by atoms with Gasteiger partial charge in [-0.1, -0.05) is 13.0 Å². The highest BCUT2D eigenvalue weighted by Crippen LogP contribution is 2.24. The highest BCUT2D eigenvalue weighted by Gasteiger charge is 2.25. The van der Waals surface area contributed by atoms with E-state index in [1.54, 1.807) is 37.4 Å². The lowest BCUT2D eigenvalue weighted by atomic mass is 10.2. The predicted octanol–water partition coefficient (Wildman–Crippen LogP) is 1.72. The number of carbonyl (C=O) groups is 1. The molecule has 1 heterocycles. The first kappa shape index (κ1) is 15.4. The lowest BCUT2D eigenvalue weighted by molar-refractivity contribution is -0.137. The quantitative estimate of drug-likeness (QED) is 0.878. The van der Waals surface area contributed by atoms with Crippen molar-refractivity contribution in [2.45, 2.75) is 18.2 Å². The van der Waals surface area contributed by atoms with E-state index < -0.39 is 16.0 Å². The highest BCUT2D eigenvalue weighted by atomic mass is 32.2. The molecule has 0 amide bonds. The summed E-state index contributed by atoms with van der Waals surface area (Å²) in [5, 5.41) is 9.27. The molecule has 0 saturated heterocycles. The van der Waals surface area contributed by atoms with Gasteiger partial charge in [-0.3, -0.25) is 9.78 Å². The van der Waals surface area contributed by atoms with Crippen LogP contribution in [0.25, 0.3) is 10.9 Å². The zero-order valence-corrected chi connectivity index (χ0v) is 12.4. The van der Waals surface area contributed by atoms with Crippen molar-refractivity contribution in [1.82, 2.24) is 9.29 Å². The summed E-state index contributed by atoms with van der Waals surface area (Å²) in [5.41, 5.74) is 0.591. The number of sulfonamides is 1. The van der Waals surface area contributed by atoms with Gasteiger partial charge < -0.3 is 5.11 Å². The van der Waals surface area contributed by atoms with Crippen molar-refractivity contribution in [1.29, 1.82) is 0 Å². The Balaban J connectivity index is 2.47. The Morgan fingerprint density at radius 3 is 2.71 bits per heavy atom. The molecule has 0 saturated carbocycles. The van der Waals surface area contributed by atoms with Gasteiger partial charge in [0.05, 0.1) is 16.8 Å². The molecule has 0 atom stereocenters. The van der Waals surface area contributed by atoms with Crippen molar-refractivity contribution in [3.8, 4) is 0 Å². The number of aliphatic carboxylic acids is 1. The Bertz CT molecular complexity index is 753. The van der Waals surface area contributed by atoms with Crippen molar-refractivity contribution < 1.29 is 18.3 Å². The summed E-state index contributed by atoms with van der Waals surface area (Å²) >= 11 is 0. The van der Waals surface area contributed by atoms with Crippen molar-refractivity contribution in [2.24, 2.45) is 0 Å². The molecule has 0 aliphatic carbocycles. The topological polar surface area (TPSA) is 87.6 Å². The van der Waals surface area contributed by atoms with Gasteiger partial charge in [-0.05, 0) is 24.3 Å². The van der Waals surface area contributed by atoms with Crippen LogP contribution in [0.15, 0.2) is 41.4 Å². The Hall–Kier alpha value is -1.99. The van der Waals surface area contributed by atoms with Gasteiger partial charge in [0.1, 0.15) is 0 Å². The van der Waals surface area contributed by atoms with Crippen LogP contribution in [0.1, 0.15) is 13.3 Å². The third-order valence-corrected chi connectivity index (χ3v) is 5.18. The van der Waals surface area contributed by atoms with Crippen LogP contribution in [0.4, 0.5) is 0 Å². The zero-order chi connectivity index (χ0) is 15.5. The Morgan fingerprint density at radius 2 is 2.05 bits per heavy atom. The van der Waals surface area contributed by atoms with Crippen LogP contribution < -0.4 is 0 Å². The van der Waals surface area contributed by atoms with Crippen LogP contribution in [0.3, 0.4) is 0 Å². The molecule has 0 aliphatic heterocycles. The SMILES string of the molecule is CCN(CCC(=O)O)S(=O)(=O)c1cccc2ncccc12. The molecule has 0 aliphatic rings. The Kier molecular flexibility index (Phi) is 4.54. The molecular weight excluding hydrogens is 292 g/mol. The molecule has 21 heavy (non-hydrogen) atoms. The maximum absolute atomic E-state index is 12.7. The van der Waals surface area contributed by atoms with Crippen molar-refractivity contribution in [2.75, 3.05) is 13.1 Å². The molecule has 0 unspecified atom stereocenters. The van der Waals surface area contributed by atoms with Gasteiger partial charge in [0, 0.05) is 24.7 Å². The normalized spacial score (nSPS) is 11.9. The minimum atomic E-state index is -3.74. The molecule has 2 rings (SSSR count). The number of nitrogens with zero attached hydrogens (tertiary/aromatic N) is 2. The molecule has 0 bridgehead atoms. The van der Waals surface area contributed by atoms with Gasteiger partial charge in [-0.2, -0.15) is 4.31 Å². The van der Waals surface area contributed by atoms with E-state index in [-0.39, 0.29) is 24.4 Å². The molecule has 1 aromatic heterocycles. The first-order valence-corrected chi connectivity index (χ1v) is 7.96. The molecule has 0 radical (unpaired) electrons. The van der Waals surface area contributed by atoms with Crippen LogP contribution in [-0.2, 0) is 14.8 Å². The van der Waals surface area contributed by atoms with Crippen LogP contribution >= 0.6 is 0 Å². The fraction of sp³-hybridized carbons (Fsp3) is 0.286. The van der Waals surface area contributed by atoms with Gasteiger partial charge in [-0.15, -0.1) is 0 Å². The van der Waals surface area contributed by atoms with Crippen molar-refractivity contribution >= 4 is 26.9 Å². The molecule has 1 N–H and O–H groups in total. The smallest absolute Gasteiger partial charge is 0.304 e. The van der Waals surface area contributed by atoms with E-state index in [4.69, 9.17) is 5.11 Å². The van der Waals surface area contributed by atoms with Gasteiger partial charge in [-0.25, -0.2) is 8.42 Å². The first-order chi connectivity index (χ1) is 9.96. The second-order valence-electron chi connectivity index (χ2n) is 4.47. The van der Waals surface area contributed by atoms with Crippen LogP contribution in [0.2, 0.25) is 0 Å². The van der Waals surface area contributed by atoms with E-state index in [0.717, 1.165) is 0 Å². The van der Waals surface area contributed by atoms with Crippen molar-refractivity contribution in [3.63, 3.8) is 0 Å². The molecular formula is C14H16N2O4S. The number of pyridine rings is 1. The lowest BCUT2D eigenvalue weighted by Crippen LogP contribution is -2.33. The summed E-state index contributed by atoms with van der Waals surface area (Å²) in [6.45, 7) is 1.85. The second-order valence-corrected chi connectivity index (χ2v) is 6.37. The highest BCUT2D eigenvalue weighted by molar-refractivity contribution is 7.89. The largest absolute Gasteiger partial charge is 0.481 e. The van der Waals surface area contributed by atoms with E-state index in [9.17, 15) is 13.2 Å². The number of fused-ring (bicyclic) bond motifs is 1. The van der Waals surface area contributed by atoms with Crippen LogP contribution in [-0.4, -0.2) is 41.9 Å². The predicted molar refractivity (Wildman–Crippen MR) is 78.4 cm³/mol. The zero-order valence-electron chi connectivity index (χ0n) is 11.6. The summed E-state index contributed by atoms with van der Waals surface area (Å²) in [7, 11) is -3.74. The standard InChI is InChI=1S/C14H16N2O4S/c1-2-16(10-8-14(17)18)21(19,20)13-7-3-6-12-11(13)5-4-9-15-12/h3-7,9H,2,8,10H2,1H3,(H,17,18). The Labute approximate surface area is 123 Å². The maximum Gasteiger partial charge on any atom is 0.304 e. The average molecular weight is 308 g/mol. The van der Waals surface area contributed by atoms with E-state index in [2.05, 4.69) is 4.98 Å². The first-order valence-electron chi connectivity index (χ1n) is 6.52. The molecule has 6 nitrogen and oxygen atoms in total. The number of benzene rings is 1. The molecule has 0 spiro atoms. The van der Waals surface area contributed by atoms with Gasteiger partial charge in [0.2, 0.25) is 10.0 Å². The number of hydrogen-bond donors (Lipinski definition) is 1. The van der Waals surface area contributed by atoms with Crippen LogP contribution in [0, 0.1) is 0 Å². The van der Waals surface area contributed by atoms with E-state index >= 15 is 0 Å². The number of rotatable bonds is 6. The third kappa shape index (κ3) is 3.20. The van der Waals surface area contributed by atoms with E-state index in [0.29, 0.717) is 10.9 Å². The lowest BCUT2D eigenvalue weighted by Gasteiger charge is -2.20. The molecule has 0 fully saturated rings. The third-order valence-electron chi connectivity index (χ3n) is 3.15. The average Bonchev–Trinajstić information content (AvgIpc) is 2.46. The van der Waals surface area contributed by atoms with Gasteiger partial charge >= 0.3 is 5.97 Å². The summed E-state index contributed by atoms with van der Waals surface area (Å²) in [5.74, 6) is -1.02. The summed E-state index contributed by atoms with van der Waals surface area (Å²) in [4.78, 5) is 15.0. The molecule has 7 heteroatoms. The fourth-order valence-corrected chi connectivity index (χ4v) is 3.76. The number of carboxylic acids is 1. The summed E-state index contributed by atoms with van der Waals surface area (Å²) in [6, 6.07) is 8.26. The minimum absolute atomic E-state index is 0.0508. The van der Waals surface area contributed by atoms with Gasteiger partial charge in [0.15, 0.2) is 0 Å². The molecule has 1 aromatic carbocycles. The van der Waals surface area contributed by atoms with Crippen LogP contribution in [0.5, 0.6) is 0 Å². The summed E-state index contributed by atoms with van der Waals surface area (Å²) in [6.07, 6.45) is 1.37. The summed E-state index contributed by atoms with van der Waals surface area (Å²) < 4.78 is 26.6. The number of aromatic nitrogens is 1. The minimum Gasteiger partial charge on any atom is -0.481 e. The fourth-order valence-electron chi connectivity index (χ4n) is 2.11. The van der Waals surface area contributed by atoms with Gasteiger partial charge in [0.25, 0.3) is 0 Å². The number of hydrogen-bond acceptors (Lipinski definition) is 4. The molecule has 2 aromatic rings. The monoisotopic (exact) mass is 308 g/mol. The van der Waals surface area contributed by atoms with E-state index in [1.807, 2.05) is 0 Å². The van der Waals surface area contributed by atoms with Crippen molar-refractivity contribution in [3.05, 3.63) is 36.5 Å². The Morgan fingerprint density at radius 1 is 1.29 bits per heavy atom.